The van der Waals surface area contributed by atoms with Crippen molar-refractivity contribution in [3.8, 4) is 0 Å². The van der Waals surface area contributed by atoms with Gasteiger partial charge in [0.15, 0.2) is 12.3 Å². The van der Waals surface area contributed by atoms with Crippen molar-refractivity contribution in [1.29, 1.82) is 0 Å². The Morgan fingerprint density at radius 1 is 1.19 bits per heavy atom. The van der Waals surface area contributed by atoms with Gasteiger partial charge in [-0.15, -0.1) is 0 Å². The highest BCUT2D eigenvalue weighted by Crippen LogP contribution is 2.43. The number of carboxylic acids is 1. The van der Waals surface area contributed by atoms with Crippen LogP contribution in [0.2, 0.25) is 0 Å². The molecule has 0 saturated carbocycles. The lowest BCUT2D eigenvalue weighted by atomic mass is 9.80. The Morgan fingerprint density at radius 3 is 2.62 bits per heavy atom. The highest BCUT2D eigenvalue weighted by Gasteiger charge is 2.43. The monoisotopic (exact) mass is 281 g/mol. The zero-order valence-corrected chi connectivity index (χ0v) is 12.6. The molecule has 0 N–H and O–H groups in total. The zero-order valence-electron chi connectivity index (χ0n) is 12.6. The first-order valence-electron chi connectivity index (χ1n) is 7.26. The Bertz CT molecular complexity index is 772. The summed E-state index contributed by atoms with van der Waals surface area (Å²) in [6.07, 6.45) is 0.0414. The van der Waals surface area contributed by atoms with Crippen molar-refractivity contribution in [2.75, 3.05) is 6.54 Å². The van der Waals surface area contributed by atoms with E-state index in [1.54, 1.807) is 0 Å². The number of carbonyl (C=O) groups excluding carboxylic acids is 1. The third-order valence-corrected chi connectivity index (χ3v) is 4.67. The van der Waals surface area contributed by atoms with Crippen LogP contribution in [0.1, 0.15) is 32.8 Å². The van der Waals surface area contributed by atoms with Crippen molar-refractivity contribution in [2.24, 2.45) is 0 Å². The van der Waals surface area contributed by atoms with Crippen LogP contribution in [0.5, 0.6) is 0 Å². The van der Waals surface area contributed by atoms with Crippen LogP contribution in [0.3, 0.4) is 0 Å². The molecule has 2 aromatic rings. The fourth-order valence-corrected chi connectivity index (χ4v) is 3.33. The van der Waals surface area contributed by atoms with Gasteiger partial charge < -0.3 is 9.90 Å². The van der Waals surface area contributed by atoms with E-state index in [0.717, 1.165) is 5.69 Å². The molecule has 108 valence electrons. The van der Waals surface area contributed by atoms with E-state index >= 15 is 0 Å². The van der Waals surface area contributed by atoms with Crippen molar-refractivity contribution >= 4 is 28.1 Å². The molecular weight excluding hydrogens is 262 g/mol. The molecule has 3 rings (SSSR count). The Labute approximate surface area is 124 Å². The average Bonchev–Trinajstić information content (AvgIpc) is 2.65. The maximum atomic E-state index is 10.8. The topological polar surface area (TPSA) is 43.1 Å². The smallest absolute Gasteiger partial charge is 0.210 e. The van der Waals surface area contributed by atoms with Gasteiger partial charge >= 0.3 is 0 Å². The van der Waals surface area contributed by atoms with Gasteiger partial charge in [-0.3, -0.25) is 0 Å². The van der Waals surface area contributed by atoms with Crippen molar-refractivity contribution in [2.45, 2.75) is 32.6 Å². The first-order valence-corrected chi connectivity index (χ1v) is 7.26. The van der Waals surface area contributed by atoms with Crippen LogP contribution < -0.4 is 5.11 Å². The van der Waals surface area contributed by atoms with Gasteiger partial charge in [0.2, 0.25) is 5.69 Å². The van der Waals surface area contributed by atoms with E-state index in [9.17, 15) is 9.90 Å². The number of carboxylic acid groups (broad SMARTS) is 1. The van der Waals surface area contributed by atoms with Gasteiger partial charge in [-0.1, -0.05) is 24.3 Å². The van der Waals surface area contributed by atoms with Crippen molar-refractivity contribution in [1.82, 2.24) is 0 Å². The lowest BCUT2D eigenvalue weighted by Crippen LogP contribution is -2.29. The summed E-state index contributed by atoms with van der Waals surface area (Å²) >= 11 is 0. The second-order valence-electron chi connectivity index (χ2n) is 6.16. The second-order valence-corrected chi connectivity index (χ2v) is 6.16. The van der Waals surface area contributed by atoms with E-state index in [1.165, 1.54) is 22.0 Å². The maximum Gasteiger partial charge on any atom is 0.210 e. The van der Waals surface area contributed by atoms with Crippen LogP contribution in [0, 0.1) is 0 Å². The van der Waals surface area contributed by atoms with Crippen molar-refractivity contribution < 1.29 is 14.5 Å². The fourth-order valence-electron chi connectivity index (χ4n) is 3.33. The summed E-state index contributed by atoms with van der Waals surface area (Å²) in [7, 11) is 0. The van der Waals surface area contributed by atoms with Crippen LogP contribution in [0.4, 0.5) is 5.69 Å². The summed E-state index contributed by atoms with van der Waals surface area (Å²) in [5, 5.41) is 13.3. The molecule has 0 spiro atoms. The molecule has 0 amide bonds. The van der Waals surface area contributed by atoms with E-state index in [-0.39, 0.29) is 11.8 Å². The van der Waals surface area contributed by atoms with Crippen LogP contribution in [0.15, 0.2) is 36.4 Å². The molecule has 0 aliphatic carbocycles. The SMILES string of the molecule is CC1=[N+](CCC(=O)[O-])c2ccc3ccccc3c2C1(C)C. The number of benzene rings is 2. The minimum absolute atomic E-state index is 0.0414. The van der Waals surface area contributed by atoms with E-state index < -0.39 is 5.97 Å². The lowest BCUT2D eigenvalue weighted by Gasteiger charge is -2.17. The van der Waals surface area contributed by atoms with Gasteiger partial charge in [0.25, 0.3) is 0 Å². The largest absolute Gasteiger partial charge is 0.550 e. The number of nitrogens with zero attached hydrogens (tertiary/aromatic N) is 1. The first-order chi connectivity index (χ1) is 9.93. The second kappa shape index (κ2) is 4.69. The average molecular weight is 281 g/mol. The van der Waals surface area contributed by atoms with E-state index in [2.05, 4.69) is 55.7 Å². The van der Waals surface area contributed by atoms with Gasteiger partial charge in [-0.25, -0.2) is 0 Å². The minimum atomic E-state index is -1.00. The molecule has 1 aliphatic rings. The molecule has 0 bridgehead atoms. The van der Waals surface area contributed by atoms with E-state index in [1.807, 2.05) is 6.07 Å². The van der Waals surface area contributed by atoms with E-state index in [4.69, 9.17) is 0 Å². The van der Waals surface area contributed by atoms with Gasteiger partial charge in [0.05, 0.1) is 5.41 Å². The molecule has 0 aromatic heterocycles. The number of hydrogen-bond donors (Lipinski definition) is 0. The van der Waals surface area contributed by atoms with Crippen LogP contribution in [-0.4, -0.2) is 22.8 Å². The van der Waals surface area contributed by atoms with Crippen LogP contribution in [0.25, 0.3) is 10.8 Å². The number of aliphatic carboxylic acids is 1. The highest BCUT2D eigenvalue weighted by atomic mass is 16.4. The Morgan fingerprint density at radius 2 is 1.90 bits per heavy atom. The molecule has 2 aromatic carbocycles. The minimum Gasteiger partial charge on any atom is -0.550 e. The molecule has 0 radical (unpaired) electrons. The van der Waals surface area contributed by atoms with Crippen LogP contribution >= 0.6 is 0 Å². The number of hydrogen-bond acceptors (Lipinski definition) is 2. The first kappa shape index (κ1) is 13.8. The molecule has 1 aliphatic heterocycles. The van der Waals surface area contributed by atoms with Crippen LogP contribution in [-0.2, 0) is 10.2 Å². The highest BCUT2D eigenvalue weighted by molar-refractivity contribution is 6.01. The quantitative estimate of drug-likeness (QED) is 0.811. The summed E-state index contributed by atoms with van der Waals surface area (Å²) in [5.41, 5.74) is 3.51. The van der Waals surface area contributed by atoms with Crippen molar-refractivity contribution in [3.63, 3.8) is 0 Å². The summed E-state index contributed by atoms with van der Waals surface area (Å²) in [6, 6.07) is 12.6. The molecule has 1 heterocycles. The molecular formula is C18H19NO2. The van der Waals surface area contributed by atoms with Gasteiger partial charge in [-0.2, -0.15) is 4.58 Å². The Hall–Kier alpha value is -2.16. The van der Waals surface area contributed by atoms with Gasteiger partial charge in [-0.05, 0) is 30.7 Å². The van der Waals surface area contributed by atoms with Gasteiger partial charge in [0.1, 0.15) is 0 Å². The normalized spacial score (nSPS) is 16.3. The summed E-state index contributed by atoms with van der Waals surface area (Å²) in [4.78, 5) is 10.8. The summed E-state index contributed by atoms with van der Waals surface area (Å²) in [6.45, 7) is 6.95. The van der Waals surface area contributed by atoms with Crippen molar-refractivity contribution in [3.05, 3.63) is 42.0 Å². The molecule has 3 heteroatoms. The Balaban J connectivity index is 2.21. The standard InChI is InChI=1S/C18H19NO2/c1-12-18(2,3)17-14-7-5-4-6-13(14)8-9-15(17)19(12)11-10-16(20)21/h4-9H,10-11H2,1-3H3. The maximum absolute atomic E-state index is 10.8. The predicted octanol–water partition coefficient (Wildman–Crippen LogP) is 2.38. The molecule has 0 atom stereocenters. The van der Waals surface area contributed by atoms with Gasteiger partial charge in [0, 0.05) is 30.9 Å². The molecule has 0 unspecified atom stereocenters. The predicted molar refractivity (Wildman–Crippen MR) is 82.1 cm³/mol. The molecule has 3 nitrogen and oxygen atoms in total. The summed E-state index contributed by atoms with van der Waals surface area (Å²) in [5.74, 6) is -1.00. The third-order valence-electron chi connectivity index (χ3n) is 4.67. The summed E-state index contributed by atoms with van der Waals surface area (Å²) < 4.78 is 2.12. The van der Waals surface area contributed by atoms with E-state index in [0.29, 0.717) is 6.54 Å². The third kappa shape index (κ3) is 2.04. The molecule has 0 saturated heterocycles. The number of fused-ring (bicyclic) bond motifs is 3. The lowest BCUT2D eigenvalue weighted by molar-refractivity contribution is -0.441. The fraction of sp³-hybridized carbons (Fsp3) is 0.333. The number of carbonyl (C=O) groups is 1. The Kier molecular flexibility index (Phi) is 3.08. The molecule has 21 heavy (non-hydrogen) atoms. The number of rotatable bonds is 3. The molecule has 0 fully saturated rings. The zero-order chi connectivity index (χ0) is 15.2.